The summed E-state index contributed by atoms with van der Waals surface area (Å²) in [5, 5.41) is 3.52. The van der Waals surface area contributed by atoms with Crippen molar-refractivity contribution >= 4 is 40.4 Å². The Balaban J connectivity index is 1.84. The Labute approximate surface area is 176 Å². The largest absolute Gasteiger partial charge is 0.350 e. The van der Waals surface area contributed by atoms with Gasteiger partial charge in [-0.25, -0.2) is 13.7 Å². The highest BCUT2D eigenvalue weighted by Crippen LogP contribution is 2.35. The summed E-state index contributed by atoms with van der Waals surface area (Å²) in [7, 11) is 0. The molecule has 4 nitrogen and oxygen atoms in total. The van der Waals surface area contributed by atoms with Gasteiger partial charge in [-0.2, -0.15) is 0 Å². The van der Waals surface area contributed by atoms with Crippen LogP contribution in [0.15, 0.2) is 72.4 Å². The Morgan fingerprint density at radius 2 is 1.57 bits per heavy atom. The van der Waals surface area contributed by atoms with Gasteiger partial charge in [0.15, 0.2) is 11.6 Å². The van der Waals surface area contributed by atoms with E-state index in [1.54, 1.807) is 36.4 Å². The van der Waals surface area contributed by atoms with Gasteiger partial charge in [-0.15, -0.1) is 0 Å². The van der Waals surface area contributed by atoms with Crippen LogP contribution in [0.2, 0.25) is 5.02 Å². The fraction of sp³-hybridized carbons (Fsp3) is 0.0435. The molecule has 0 radical (unpaired) electrons. The van der Waals surface area contributed by atoms with Crippen molar-refractivity contribution in [3.63, 3.8) is 0 Å². The third kappa shape index (κ3) is 3.46. The predicted octanol–water partition coefficient (Wildman–Crippen LogP) is 5.32. The van der Waals surface area contributed by atoms with E-state index in [9.17, 15) is 18.4 Å². The van der Waals surface area contributed by atoms with Crippen molar-refractivity contribution in [1.29, 1.82) is 0 Å². The van der Waals surface area contributed by atoms with Crippen molar-refractivity contribution in [2.75, 3.05) is 10.2 Å². The first-order chi connectivity index (χ1) is 14.4. The zero-order chi connectivity index (χ0) is 21.4. The van der Waals surface area contributed by atoms with Crippen LogP contribution >= 0.6 is 11.6 Å². The second-order valence-corrected chi connectivity index (χ2v) is 7.18. The standard InChI is InChI=1S/C23H15ClF2N2O2/c1-13-4-2-3-5-19(13)27-21-20(14-6-8-15(24)9-7-14)22(29)28(23(21)30)16-10-11-17(25)18(26)12-16/h2-12,27H,1H3. The Hall–Kier alpha value is -3.51. The van der Waals surface area contributed by atoms with E-state index in [1.807, 2.05) is 19.1 Å². The number of rotatable bonds is 4. The Bertz CT molecular complexity index is 1210. The number of aryl methyl sites for hydroxylation is 1. The van der Waals surface area contributed by atoms with Gasteiger partial charge in [0, 0.05) is 16.8 Å². The molecular weight excluding hydrogens is 410 g/mol. The number of nitrogens with zero attached hydrogens (tertiary/aromatic N) is 1. The number of para-hydroxylation sites is 1. The number of carbonyl (C=O) groups is 2. The number of hydrogen-bond acceptors (Lipinski definition) is 3. The lowest BCUT2D eigenvalue weighted by atomic mass is 10.0. The first kappa shape index (κ1) is 19.8. The van der Waals surface area contributed by atoms with Crippen molar-refractivity contribution in [2.45, 2.75) is 6.92 Å². The molecule has 2 amide bonds. The lowest BCUT2D eigenvalue weighted by Crippen LogP contribution is -2.32. The molecule has 0 aromatic heterocycles. The monoisotopic (exact) mass is 424 g/mol. The Kier molecular flexibility index (Phi) is 5.10. The van der Waals surface area contributed by atoms with Crippen LogP contribution in [0, 0.1) is 18.6 Å². The molecule has 0 atom stereocenters. The molecule has 3 aromatic carbocycles. The Morgan fingerprint density at radius 3 is 2.23 bits per heavy atom. The summed E-state index contributed by atoms with van der Waals surface area (Å²) in [6.07, 6.45) is 0. The van der Waals surface area contributed by atoms with Crippen LogP contribution in [-0.2, 0) is 9.59 Å². The van der Waals surface area contributed by atoms with Crippen molar-refractivity contribution < 1.29 is 18.4 Å². The predicted molar refractivity (Wildman–Crippen MR) is 112 cm³/mol. The smallest absolute Gasteiger partial charge is 0.282 e. The highest BCUT2D eigenvalue weighted by atomic mass is 35.5. The number of carbonyl (C=O) groups excluding carboxylic acids is 2. The van der Waals surface area contributed by atoms with Crippen LogP contribution < -0.4 is 10.2 Å². The summed E-state index contributed by atoms with van der Waals surface area (Å²) < 4.78 is 27.1. The molecule has 1 aliphatic heterocycles. The molecule has 4 rings (SSSR count). The normalized spacial score (nSPS) is 13.9. The number of anilines is 2. The zero-order valence-corrected chi connectivity index (χ0v) is 16.5. The van der Waals surface area contributed by atoms with E-state index in [-0.39, 0.29) is 17.0 Å². The van der Waals surface area contributed by atoms with E-state index in [0.717, 1.165) is 22.6 Å². The molecule has 0 fully saturated rings. The molecule has 1 heterocycles. The van der Waals surface area contributed by atoms with Crippen LogP contribution in [0.5, 0.6) is 0 Å². The third-order valence-electron chi connectivity index (χ3n) is 4.78. The number of amides is 2. The number of imide groups is 1. The van der Waals surface area contributed by atoms with E-state index < -0.39 is 23.4 Å². The van der Waals surface area contributed by atoms with Gasteiger partial charge in [0.1, 0.15) is 5.70 Å². The first-order valence-corrected chi connectivity index (χ1v) is 9.41. The van der Waals surface area contributed by atoms with E-state index in [2.05, 4.69) is 5.32 Å². The van der Waals surface area contributed by atoms with Gasteiger partial charge >= 0.3 is 0 Å². The molecule has 0 aliphatic carbocycles. The van der Waals surface area contributed by atoms with E-state index in [0.29, 0.717) is 16.3 Å². The lowest BCUT2D eigenvalue weighted by molar-refractivity contribution is -0.120. The van der Waals surface area contributed by atoms with Crippen molar-refractivity contribution in [3.05, 3.63) is 100 Å². The maximum absolute atomic E-state index is 13.8. The van der Waals surface area contributed by atoms with E-state index in [1.165, 1.54) is 6.07 Å². The second-order valence-electron chi connectivity index (χ2n) is 6.74. The molecule has 0 spiro atoms. The van der Waals surface area contributed by atoms with Crippen LogP contribution in [0.1, 0.15) is 11.1 Å². The summed E-state index contributed by atoms with van der Waals surface area (Å²) in [6.45, 7) is 1.86. The van der Waals surface area contributed by atoms with Crippen LogP contribution in [0.3, 0.4) is 0 Å². The molecule has 0 saturated heterocycles. The minimum absolute atomic E-state index is 0.0429. The number of nitrogens with one attached hydrogen (secondary N) is 1. The molecule has 3 aromatic rings. The lowest BCUT2D eigenvalue weighted by Gasteiger charge is -2.16. The Morgan fingerprint density at radius 1 is 0.867 bits per heavy atom. The minimum Gasteiger partial charge on any atom is -0.350 e. The molecule has 150 valence electrons. The minimum atomic E-state index is -1.15. The average Bonchev–Trinajstić information content (AvgIpc) is 2.96. The molecule has 0 bridgehead atoms. The molecule has 0 saturated carbocycles. The van der Waals surface area contributed by atoms with Gasteiger partial charge in [-0.05, 0) is 48.4 Å². The van der Waals surface area contributed by atoms with Crippen LogP contribution in [0.4, 0.5) is 20.2 Å². The third-order valence-corrected chi connectivity index (χ3v) is 5.03. The number of hydrogen-bond donors (Lipinski definition) is 1. The topological polar surface area (TPSA) is 49.4 Å². The quantitative estimate of drug-likeness (QED) is 0.576. The molecule has 1 aliphatic rings. The summed E-state index contributed by atoms with van der Waals surface area (Å²) in [5.74, 6) is -3.54. The summed E-state index contributed by atoms with van der Waals surface area (Å²) in [5.41, 5.74) is 2.08. The van der Waals surface area contributed by atoms with Crippen molar-refractivity contribution in [3.8, 4) is 0 Å². The maximum atomic E-state index is 13.8. The maximum Gasteiger partial charge on any atom is 0.282 e. The van der Waals surface area contributed by atoms with Gasteiger partial charge in [0.05, 0.1) is 11.3 Å². The number of halogens is 3. The molecule has 0 unspecified atom stereocenters. The van der Waals surface area contributed by atoms with Gasteiger partial charge < -0.3 is 5.32 Å². The highest BCUT2D eigenvalue weighted by molar-refractivity contribution is 6.46. The van der Waals surface area contributed by atoms with Crippen molar-refractivity contribution in [1.82, 2.24) is 0 Å². The van der Waals surface area contributed by atoms with Gasteiger partial charge in [0.25, 0.3) is 11.8 Å². The van der Waals surface area contributed by atoms with E-state index in [4.69, 9.17) is 11.6 Å². The SMILES string of the molecule is Cc1ccccc1NC1=C(c2ccc(Cl)cc2)C(=O)N(c2ccc(F)c(F)c2)C1=O. The fourth-order valence-electron chi connectivity index (χ4n) is 3.24. The molecule has 1 N–H and O–H groups in total. The second kappa shape index (κ2) is 7.72. The first-order valence-electron chi connectivity index (χ1n) is 9.03. The van der Waals surface area contributed by atoms with Crippen molar-refractivity contribution in [2.24, 2.45) is 0 Å². The fourth-order valence-corrected chi connectivity index (χ4v) is 3.36. The number of benzene rings is 3. The van der Waals surface area contributed by atoms with E-state index >= 15 is 0 Å². The summed E-state index contributed by atoms with van der Waals surface area (Å²) in [6, 6.07) is 16.6. The van der Waals surface area contributed by atoms with Gasteiger partial charge in [-0.1, -0.05) is 41.9 Å². The summed E-state index contributed by atoms with van der Waals surface area (Å²) in [4.78, 5) is 27.3. The average molecular weight is 425 g/mol. The van der Waals surface area contributed by atoms with Crippen LogP contribution in [0.25, 0.3) is 5.57 Å². The molecule has 7 heteroatoms. The van der Waals surface area contributed by atoms with Crippen LogP contribution in [-0.4, -0.2) is 11.8 Å². The van der Waals surface area contributed by atoms with Gasteiger partial charge in [0.2, 0.25) is 0 Å². The van der Waals surface area contributed by atoms with Gasteiger partial charge in [-0.3, -0.25) is 9.59 Å². The molecule has 30 heavy (non-hydrogen) atoms. The summed E-state index contributed by atoms with van der Waals surface area (Å²) >= 11 is 5.96. The molecular formula is C23H15ClF2N2O2. The highest BCUT2D eigenvalue weighted by Gasteiger charge is 2.40. The zero-order valence-electron chi connectivity index (χ0n) is 15.7.